The normalized spacial score (nSPS) is 17.8. The summed E-state index contributed by atoms with van der Waals surface area (Å²) in [5.41, 5.74) is 0.914. The lowest BCUT2D eigenvalue weighted by Crippen LogP contribution is -2.32. The highest BCUT2D eigenvalue weighted by atomic mass is 35.5. The standard InChI is InChI=1S/C23H20ClFN4O2/c1-23(10-5-11-31-23)15-29-20(18(24)14-27-29)22(30)28-21-19(25)12-17(13-26-21)9-8-16-6-3-2-4-7-16/h2-4,6-7,12-14H,5,10-11,15H2,1H3,(H,26,28,30). The Hall–Kier alpha value is -3.21. The third kappa shape index (κ3) is 4.93. The molecule has 0 spiro atoms. The number of nitrogens with zero attached hydrogens (tertiary/aromatic N) is 3. The molecule has 1 fully saturated rings. The molecule has 1 unspecified atom stereocenters. The number of amides is 1. The number of carbonyl (C=O) groups excluding carboxylic acids is 1. The number of anilines is 1. The van der Waals surface area contributed by atoms with E-state index >= 15 is 0 Å². The lowest BCUT2D eigenvalue weighted by Gasteiger charge is -2.23. The fraction of sp³-hybridized carbons (Fsp3) is 0.261. The number of halogens is 2. The lowest BCUT2D eigenvalue weighted by atomic mass is 10.0. The fourth-order valence-corrected chi connectivity index (χ4v) is 3.64. The van der Waals surface area contributed by atoms with Crippen molar-refractivity contribution in [3.05, 3.63) is 76.5 Å². The zero-order valence-electron chi connectivity index (χ0n) is 16.9. The van der Waals surface area contributed by atoms with Gasteiger partial charge in [0.1, 0.15) is 5.69 Å². The summed E-state index contributed by atoms with van der Waals surface area (Å²) in [6, 6.07) is 10.6. The highest BCUT2D eigenvalue weighted by Gasteiger charge is 2.32. The maximum absolute atomic E-state index is 14.5. The second-order valence-corrected chi connectivity index (χ2v) is 7.93. The van der Waals surface area contributed by atoms with Crippen LogP contribution in [0.1, 0.15) is 41.4 Å². The number of benzene rings is 1. The van der Waals surface area contributed by atoms with Crippen molar-refractivity contribution in [2.24, 2.45) is 0 Å². The van der Waals surface area contributed by atoms with Gasteiger partial charge in [-0.05, 0) is 38.0 Å². The van der Waals surface area contributed by atoms with Crippen LogP contribution in [0.25, 0.3) is 0 Å². The van der Waals surface area contributed by atoms with Gasteiger partial charge in [-0.15, -0.1) is 0 Å². The minimum atomic E-state index is -0.693. The fourth-order valence-electron chi connectivity index (χ4n) is 3.42. The number of hydrogen-bond donors (Lipinski definition) is 1. The van der Waals surface area contributed by atoms with E-state index in [1.807, 2.05) is 37.3 Å². The molecule has 1 saturated heterocycles. The molecule has 0 aliphatic carbocycles. The van der Waals surface area contributed by atoms with Gasteiger partial charge in [-0.2, -0.15) is 5.10 Å². The van der Waals surface area contributed by atoms with E-state index in [0.29, 0.717) is 18.7 Å². The number of carbonyl (C=O) groups is 1. The van der Waals surface area contributed by atoms with Crippen molar-refractivity contribution in [3.63, 3.8) is 0 Å². The third-order valence-electron chi connectivity index (χ3n) is 4.99. The number of aromatic nitrogens is 3. The summed E-state index contributed by atoms with van der Waals surface area (Å²) in [5.74, 6) is 4.30. The van der Waals surface area contributed by atoms with Gasteiger partial charge >= 0.3 is 0 Å². The summed E-state index contributed by atoms with van der Waals surface area (Å²) in [5, 5.41) is 6.83. The largest absolute Gasteiger partial charge is 0.373 e. The molecule has 1 N–H and O–H groups in total. The number of hydrogen-bond acceptors (Lipinski definition) is 4. The van der Waals surface area contributed by atoms with Gasteiger partial charge in [0.2, 0.25) is 0 Å². The molecule has 8 heteroatoms. The van der Waals surface area contributed by atoms with Crippen LogP contribution in [-0.4, -0.2) is 32.9 Å². The van der Waals surface area contributed by atoms with Gasteiger partial charge in [-0.3, -0.25) is 9.48 Å². The SMILES string of the molecule is CC1(Cn2ncc(Cl)c2C(=O)Nc2ncc(C#Cc3ccccc3)cc2F)CCCO1. The van der Waals surface area contributed by atoms with E-state index in [2.05, 4.69) is 27.2 Å². The number of pyridine rings is 1. The van der Waals surface area contributed by atoms with Crippen LogP contribution in [0.15, 0.2) is 48.8 Å². The molecule has 1 aliphatic rings. The second kappa shape index (κ2) is 8.88. The Morgan fingerprint density at radius 3 is 2.77 bits per heavy atom. The molecule has 1 amide bonds. The molecule has 31 heavy (non-hydrogen) atoms. The van der Waals surface area contributed by atoms with Crippen LogP contribution in [0, 0.1) is 17.7 Å². The predicted octanol–water partition coefficient (Wildman–Crippen LogP) is 4.29. The molecule has 4 rings (SSSR count). The van der Waals surface area contributed by atoms with E-state index in [4.69, 9.17) is 16.3 Å². The first-order valence-corrected chi connectivity index (χ1v) is 10.2. The number of ether oxygens (including phenoxy) is 1. The summed E-state index contributed by atoms with van der Waals surface area (Å²) in [7, 11) is 0. The molecule has 158 valence electrons. The van der Waals surface area contributed by atoms with E-state index in [1.165, 1.54) is 23.1 Å². The highest BCUT2D eigenvalue weighted by molar-refractivity contribution is 6.34. The van der Waals surface area contributed by atoms with Crippen molar-refractivity contribution >= 4 is 23.3 Å². The molecule has 0 radical (unpaired) electrons. The van der Waals surface area contributed by atoms with Gasteiger partial charge in [0.25, 0.3) is 5.91 Å². The molecule has 1 aromatic carbocycles. The summed E-state index contributed by atoms with van der Waals surface area (Å²) in [6.07, 6.45) is 4.59. The van der Waals surface area contributed by atoms with Gasteiger partial charge in [0.05, 0.1) is 23.4 Å². The molecule has 6 nitrogen and oxygen atoms in total. The average molecular weight is 439 g/mol. The van der Waals surface area contributed by atoms with Crippen LogP contribution in [0.4, 0.5) is 10.2 Å². The molecule has 0 bridgehead atoms. The monoisotopic (exact) mass is 438 g/mol. The van der Waals surface area contributed by atoms with Crippen LogP contribution in [0.3, 0.4) is 0 Å². The van der Waals surface area contributed by atoms with E-state index in [9.17, 15) is 9.18 Å². The molecule has 0 saturated carbocycles. The average Bonchev–Trinajstić information content (AvgIpc) is 3.34. The molecule has 3 aromatic rings. The van der Waals surface area contributed by atoms with Crippen molar-refractivity contribution in [3.8, 4) is 11.8 Å². The highest BCUT2D eigenvalue weighted by Crippen LogP contribution is 2.28. The van der Waals surface area contributed by atoms with Gasteiger partial charge < -0.3 is 10.1 Å². The first-order valence-electron chi connectivity index (χ1n) is 9.83. The summed E-state index contributed by atoms with van der Waals surface area (Å²) >= 11 is 6.18. The molecular weight excluding hydrogens is 419 g/mol. The van der Waals surface area contributed by atoms with E-state index in [1.54, 1.807) is 0 Å². The Labute approximate surface area is 184 Å². The third-order valence-corrected chi connectivity index (χ3v) is 5.27. The minimum Gasteiger partial charge on any atom is -0.373 e. The van der Waals surface area contributed by atoms with Crippen LogP contribution in [0.2, 0.25) is 5.02 Å². The quantitative estimate of drug-likeness (QED) is 0.617. The van der Waals surface area contributed by atoms with E-state index in [-0.39, 0.29) is 16.5 Å². The first-order chi connectivity index (χ1) is 14.9. The van der Waals surface area contributed by atoms with Crippen molar-refractivity contribution < 1.29 is 13.9 Å². The maximum atomic E-state index is 14.5. The predicted molar refractivity (Wildman–Crippen MR) is 115 cm³/mol. The summed E-state index contributed by atoms with van der Waals surface area (Å²) in [4.78, 5) is 16.8. The summed E-state index contributed by atoms with van der Waals surface area (Å²) < 4.78 is 21.8. The Kier molecular flexibility index (Phi) is 6.03. The molecular formula is C23H20ClFN4O2. The van der Waals surface area contributed by atoms with E-state index < -0.39 is 17.3 Å². The second-order valence-electron chi connectivity index (χ2n) is 7.53. The number of nitrogens with one attached hydrogen (secondary N) is 1. The zero-order valence-corrected chi connectivity index (χ0v) is 17.6. The van der Waals surface area contributed by atoms with Gasteiger partial charge in [-0.25, -0.2) is 9.37 Å². The van der Waals surface area contributed by atoms with Gasteiger partial charge in [0.15, 0.2) is 11.6 Å². The van der Waals surface area contributed by atoms with Crippen LogP contribution in [-0.2, 0) is 11.3 Å². The number of rotatable bonds is 4. The molecule has 3 heterocycles. The topological polar surface area (TPSA) is 69.0 Å². The van der Waals surface area contributed by atoms with Crippen molar-refractivity contribution in [2.45, 2.75) is 31.9 Å². The van der Waals surface area contributed by atoms with E-state index in [0.717, 1.165) is 18.4 Å². The zero-order chi connectivity index (χ0) is 21.8. The maximum Gasteiger partial charge on any atom is 0.276 e. The Balaban J connectivity index is 1.50. The van der Waals surface area contributed by atoms with Gasteiger partial charge in [-0.1, -0.05) is 41.6 Å². The lowest BCUT2D eigenvalue weighted by molar-refractivity contribution is 0.00316. The molecule has 2 aromatic heterocycles. The smallest absolute Gasteiger partial charge is 0.276 e. The molecule has 1 aliphatic heterocycles. The minimum absolute atomic E-state index is 0.132. The van der Waals surface area contributed by atoms with Crippen LogP contribution >= 0.6 is 11.6 Å². The first kappa shape index (κ1) is 21.0. The van der Waals surface area contributed by atoms with Gasteiger partial charge in [0, 0.05) is 23.9 Å². The summed E-state index contributed by atoms with van der Waals surface area (Å²) in [6.45, 7) is 3.00. The Morgan fingerprint density at radius 1 is 1.29 bits per heavy atom. The van der Waals surface area contributed by atoms with Crippen molar-refractivity contribution in [2.75, 3.05) is 11.9 Å². The van der Waals surface area contributed by atoms with Crippen molar-refractivity contribution in [1.29, 1.82) is 0 Å². The van der Waals surface area contributed by atoms with Crippen molar-refractivity contribution in [1.82, 2.24) is 14.8 Å². The molecule has 1 atom stereocenters. The van der Waals surface area contributed by atoms with Crippen LogP contribution < -0.4 is 5.32 Å². The van der Waals surface area contributed by atoms with Crippen LogP contribution in [0.5, 0.6) is 0 Å². The Bertz CT molecular complexity index is 1160. The Morgan fingerprint density at radius 2 is 2.06 bits per heavy atom.